The Morgan fingerprint density at radius 2 is 2.18 bits per heavy atom. The van der Waals surface area contributed by atoms with Crippen LogP contribution in [0.4, 0.5) is 0 Å². The lowest BCUT2D eigenvalue weighted by molar-refractivity contribution is 0.174. The van der Waals surface area contributed by atoms with Gasteiger partial charge in [-0.25, -0.2) is 0 Å². The molecular formula is C14H24N2O. The van der Waals surface area contributed by atoms with Gasteiger partial charge in [0.25, 0.3) is 0 Å². The first kappa shape index (κ1) is 14.0. The molecule has 1 N–H and O–H groups in total. The lowest BCUT2D eigenvalue weighted by Crippen LogP contribution is -2.42. The van der Waals surface area contributed by atoms with Crippen molar-refractivity contribution in [2.75, 3.05) is 6.54 Å². The first-order valence-corrected chi connectivity index (χ1v) is 6.33. The molecule has 3 heteroatoms. The van der Waals surface area contributed by atoms with Gasteiger partial charge >= 0.3 is 0 Å². The van der Waals surface area contributed by atoms with Crippen LogP contribution in [0.25, 0.3) is 0 Å². The number of aromatic nitrogens is 1. The molecule has 0 saturated heterocycles. The molecule has 3 nitrogen and oxygen atoms in total. The third kappa shape index (κ3) is 6.27. The predicted molar refractivity (Wildman–Crippen MR) is 71.3 cm³/mol. The molecular weight excluding hydrogens is 212 g/mol. The summed E-state index contributed by atoms with van der Waals surface area (Å²) in [6, 6.07) is 3.85. The van der Waals surface area contributed by atoms with Gasteiger partial charge in [0.05, 0.1) is 6.20 Å². The van der Waals surface area contributed by atoms with E-state index in [-0.39, 0.29) is 11.6 Å². The van der Waals surface area contributed by atoms with Crippen molar-refractivity contribution in [1.82, 2.24) is 10.3 Å². The Hall–Kier alpha value is -1.09. The molecule has 0 aliphatic carbocycles. The maximum Gasteiger partial charge on any atom is 0.138 e. The van der Waals surface area contributed by atoms with Crippen LogP contribution in [0.15, 0.2) is 24.5 Å². The molecule has 96 valence electrons. The minimum atomic E-state index is 0.129. The molecule has 0 spiro atoms. The highest BCUT2D eigenvalue weighted by atomic mass is 16.5. The summed E-state index contributed by atoms with van der Waals surface area (Å²) in [6.07, 6.45) is 5.91. The van der Waals surface area contributed by atoms with Gasteiger partial charge in [-0.15, -0.1) is 0 Å². The fraction of sp³-hybridized carbons (Fsp3) is 0.643. The van der Waals surface area contributed by atoms with E-state index in [1.807, 2.05) is 12.1 Å². The normalized spacial score (nSPS) is 13.4. The molecule has 0 fully saturated rings. The lowest BCUT2D eigenvalue weighted by Gasteiger charge is -2.25. The van der Waals surface area contributed by atoms with Crippen LogP contribution >= 0.6 is 0 Å². The molecule has 1 atom stereocenters. The third-order valence-electron chi connectivity index (χ3n) is 2.41. The minimum Gasteiger partial charge on any atom is -0.487 e. The Morgan fingerprint density at radius 1 is 1.41 bits per heavy atom. The summed E-state index contributed by atoms with van der Waals surface area (Å²) in [5, 5.41) is 3.48. The Bertz CT molecular complexity index is 306. The van der Waals surface area contributed by atoms with Gasteiger partial charge in [0.15, 0.2) is 0 Å². The van der Waals surface area contributed by atoms with Gasteiger partial charge in [-0.1, -0.05) is 13.3 Å². The highest BCUT2D eigenvalue weighted by Crippen LogP contribution is 2.12. The molecule has 0 amide bonds. The Morgan fingerprint density at radius 3 is 2.71 bits per heavy atom. The summed E-state index contributed by atoms with van der Waals surface area (Å²) in [5.41, 5.74) is 0.129. The van der Waals surface area contributed by atoms with Crippen molar-refractivity contribution in [1.29, 1.82) is 0 Å². The van der Waals surface area contributed by atoms with Crippen LogP contribution in [-0.4, -0.2) is 23.2 Å². The number of hydrogen-bond donors (Lipinski definition) is 1. The average molecular weight is 236 g/mol. The van der Waals surface area contributed by atoms with Crippen LogP contribution in [0, 0.1) is 0 Å². The Balaban J connectivity index is 2.49. The molecule has 17 heavy (non-hydrogen) atoms. The zero-order chi connectivity index (χ0) is 12.7. The number of hydrogen-bond acceptors (Lipinski definition) is 3. The number of nitrogens with one attached hydrogen (secondary N) is 1. The van der Waals surface area contributed by atoms with Gasteiger partial charge in [0.2, 0.25) is 0 Å². The predicted octanol–water partition coefficient (Wildman–Crippen LogP) is 3.02. The lowest BCUT2D eigenvalue weighted by atomic mass is 10.1. The summed E-state index contributed by atoms with van der Waals surface area (Å²) < 4.78 is 5.93. The zero-order valence-electron chi connectivity index (χ0n) is 11.4. The Labute approximate surface area is 105 Å². The van der Waals surface area contributed by atoms with E-state index in [0.717, 1.165) is 25.1 Å². The van der Waals surface area contributed by atoms with Crippen molar-refractivity contribution in [2.24, 2.45) is 0 Å². The smallest absolute Gasteiger partial charge is 0.138 e. The van der Waals surface area contributed by atoms with Crippen LogP contribution in [0.1, 0.15) is 40.5 Å². The summed E-state index contributed by atoms with van der Waals surface area (Å²) in [5.74, 6) is 0.849. The quantitative estimate of drug-likeness (QED) is 0.824. The second kappa shape index (κ2) is 6.60. The summed E-state index contributed by atoms with van der Waals surface area (Å²) >= 11 is 0. The van der Waals surface area contributed by atoms with E-state index >= 15 is 0 Å². The van der Waals surface area contributed by atoms with Crippen molar-refractivity contribution >= 4 is 0 Å². The van der Waals surface area contributed by atoms with Crippen molar-refractivity contribution in [2.45, 2.75) is 52.2 Å². The molecule has 0 aliphatic heterocycles. The van der Waals surface area contributed by atoms with E-state index in [1.165, 1.54) is 0 Å². The number of rotatable bonds is 6. The second-order valence-electron chi connectivity index (χ2n) is 5.35. The van der Waals surface area contributed by atoms with E-state index in [4.69, 9.17) is 4.74 Å². The maximum atomic E-state index is 5.93. The number of pyridine rings is 1. The van der Waals surface area contributed by atoms with Crippen LogP contribution in [-0.2, 0) is 0 Å². The van der Waals surface area contributed by atoms with Gasteiger partial charge in [-0.3, -0.25) is 4.98 Å². The second-order valence-corrected chi connectivity index (χ2v) is 5.35. The van der Waals surface area contributed by atoms with E-state index in [9.17, 15) is 0 Å². The monoisotopic (exact) mass is 236 g/mol. The van der Waals surface area contributed by atoms with Crippen molar-refractivity contribution in [3.8, 4) is 5.75 Å². The molecule has 1 aromatic heterocycles. The summed E-state index contributed by atoms with van der Waals surface area (Å²) in [4.78, 5) is 4.06. The van der Waals surface area contributed by atoms with Gasteiger partial charge in [0, 0.05) is 18.3 Å². The van der Waals surface area contributed by atoms with Crippen molar-refractivity contribution < 1.29 is 4.74 Å². The van der Waals surface area contributed by atoms with E-state index in [2.05, 4.69) is 38.0 Å². The number of ether oxygens (including phenoxy) is 1. The largest absolute Gasteiger partial charge is 0.487 e. The molecule has 1 unspecified atom stereocenters. The van der Waals surface area contributed by atoms with Crippen molar-refractivity contribution in [3.05, 3.63) is 24.5 Å². The van der Waals surface area contributed by atoms with Crippen LogP contribution < -0.4 is 10.1 Å². The molecule has 1 heterocycles. The van der Waals surface area contributed by atoms with Crippen LogP contribution in [0.5, 0.6) is 5.75 Å². The molecule has 0 aromatic carbocycles. The van der Waals surface area contributed by atoms with E-state index < -0.39 is 0 Å². The minimum absolute atomic E-state index is 0.129. The van der Waals surface area contributed by atoms with Gasteiger partial charge in [0.1, 0.15) is 11.9 Å². The highest BCUT2D eigenvalue weighted by Gasteiger charge is 2.14. The molecule has 0 radical (unpaired) electrons. The standard InChI is InChI=1S/C14H24N2O/c1-5-7-12(11-16-14(2,3)4)17-13-8-6-9-15-10-13/h6,8-10,12,16H,5,7,11H2,1-4H3. The third-order valence-corrected chi connectivity index (χ3v) is 2.41. The van der Waals surface area contributed by atoms with Crippen LogP contribution in [0.2, 0.25) is 0 Å². The molecule has 0 bridgehead atoms. The highest BCUT2D eigenvalue weighted by molar-refractivity contribution is 5.15. The van der Waals surface area contributed by atoms with E-state index in [1.54, 1.807) is 12.4 Å². The topological polar surface area (TPSA) is 34.1 Å². The first-order chi connectivity index (χ1) is 8.01. The molecule has 0 saturated carbocycles. The average Bonchev–Trinajstić information content (AvgIpc) is 2.27. The SMILES string of the molecule is CCCC(CNC(C)(C)C)Oc1cccnc1. The first-order valence-electron chi connectivity index (χ1n) is 6.33. The zero-order valence-corrected chi connectivity index (χ0v) is 11.4. The number of nitrogens with zero attached hydrogens (tertiary/aromatic N) is 1. The Kier molecular flexibility index (Phi) is 5.42. The maximum absolute atomic E-state index is 5.93. The van der Waals surface area contributed by atoms with E-state index in [0.29, 0.717) is 0 Å². The summed E-state index contributed by atoms with van der Waals surface area (Å²) in [6.45, 7) is 9.54. The fourth-order valence-electron chi connectivity index (χ4n) is 1.55. The summed E-state index contributed by atoms with van der Waals surface area (Å²) in [7, 11) is 0. The molecule has 0 aliphatic rings. The van der Waals surface area contributed by atoms with Gasteiger partial charge in [-0.2, -0.15) is 0 Å². The van der Waals surface area contributed by atoms with Gasteiger partial charge in [-0.05, 0) is 39.3 Å². The molecule has 1 rings (SSSR count). The van der Waals surface area contributed by atoms with Crippen molar-refractivity contribution in [3.63, 3.8) is 0 Å². The van der Waals surface area contributed by atoms with Gasteiger partial charge < -0.3 is 10.1 Å². The van der Waals surface area contributed by atoms with Crippen LogP contribution in [0.3, 0.4) is 0 Å². The molecule has 1 aromatic rings. The fourth-order valence-corrected chi connectivity index (χ4v) is 1.55.